The van der Waals surface area contributed by atoms with Crippen molar-refractivity contribution in [1.82, 2.24) is 10.2 Å². The molecule has 37 heavy (non-hydrogen) atoms. The maximum absolute atomic E-state index is 12.8. The molecule has 1 N–H and O–H groups in total. The van der Waals surface area contributed by atoms with Gasteiger partial charge in [0.15, 0.2) is 17.9 Å². The lowest BCUT2D eigenvalue weighted by Crippen LogP contribution is -2.56. The normalized spacial score (nSPS) is 32.3. The van der Waals surface area contributed by atoms with Crippen LogP contribution in [0.2, 0.25) is 0 Å². The van der Waals surface area contributed by atoms with E-state index in [0.29, 0.717) is 25.9 Å². The number of nitrogens with zero attached hydrogens (tertiary/aromatic N) is 1. The molecule has 2 amide bonds. The summed E-state index contributed by atoms with van der Waals surface area (Å²) in [5, 5.41) is 2.88. The predicted octanol–water partition coefficient (Wildman–Crippen LogP) is 2.91. The van der Waals surface area contributed by atoms with E-state index in [-0.39, 0.29) is 19.3 Å². The minimum absolute atomic E-state index is 0.00353. The Morgan fingerprint density at radius 2 is 1.57 bits per heavy atom. The lowest BCUT2D eigenvalue weighted by Gasteiger charge is -2.37. The van der Waals surface area contributed by atoms with E-state index in [9.17, 15) is 9.59 Å². The van der Waals surface area contributed by atoms with Gasteiger partial charge in [0.1, 0.15) is 37.6 Å². The average molecular weight is 521 g/mol. The summed E-state index contributed by atoms with van der Waals surface area (Å²) in [6, 6.07) is 9.43. The molecule has 5 atom stereocenters. The van der Waals surface area contributed by atoms with Crippen molar-refractivity contribution in [1.29, 1.82) is 0 Å². The van der Waals surface area contributed by atoms with E-state index in [1.165, 1.54) is 0 Å². The number of fused-ring (bicyclic) bond motifs is 3. The second-order valence-corrected chi connectivity index (χ2v) is 10.8. The molecule has 0 aromatic heterocycles. The van der Waals surface area contributed by atoms with Gasteiger partial charge in [0.05, 0.1) is 0 Å². The lowest BCUT2D eigenvalue weighted by molar-refractivity contribution is -0.240. The fraction of sp³-hybridized carbons (Fsp3) is 0.692. The zero-order chi connectivity index (χ0) is 26.2. The quantitative estimate of drug-likeness (QED) is 0.626. The molecule has 4 aliphatic heterocycles. The molecule has 11 heteroatoms. The first-order chi connectivity index (χ1) is 17.6. The third-order valence-electron chi connectivity index (χ3n) is 6.91. The molecule has 0 bridgehead atoms. The first-order valence-corrected chi connectivity index (χ1v) is 12.8. The monoisotopic (exact) mass is 520 g/mol. The van der Waals surface area contributed by atoms with Crippen LogP contribution in [-0.2, 0) is 39.8 Å². The molecule has 1 aromatic rings. The van der Waals surface area contributed by atoms with Crippen molar-refractivity contribution in [3.05, 3.63) is 35.9 Å². The summed E-state index contributed by atoms with van der Waals surface area (Å²) in [5.41, 5.74) is 0.924. The number of piperidine rings is 1. The zero-order valence-corrected chi connectivity index (χ0v) is 21.7. The fourth-order valence-electron chi connectivity index (χ4n) is 5.21. The van der Waals surface area contributed by atoms with Gasteiger partial charge in [-0.1, -0.05) is 30.3 Å². The number of carbonyl (C=O) groups is 2. The van der Waals surface area contributed by atoms with Crippen LogP contribution in [0.3, 0.4) is 0 Å². The van der Waals surface area contributed by atoms with Crippen LogP contribution in [0.25, 0.3) is 0 Å². The molecule has 0 spiro atoms. The van der Waals surface area contributed by atoms with Crippen LogP contribution in [0.5, 0.6) is 0 Å². The van der Waals surface area contributed by atoms with Gasteiger partial charge < -0.3 is 43.4 Å². The minimum atomic E-state index is -0.816. The third-order valence-corrected chi connectivity index (χ3v) is 6.91. The van der Waals surface area contributed by atoms with Crippen molar-refractivity contribution in [2.45, 2.75) is 95.5 Å². The number of benzene rings is 1. The highest BCUT2D eigenvalue weighted by atomic mass is 16.9. The Morgan fingerprint density at radius 3 is 2.30 bits per heavy atom. The van der Waals surface area contributed by atoms with Crippen LogP contribution in [0.1, 0.15) is 46.1 Å². The number of ether oxygens (including phenoxy) is 7. The van der Waals surface area contributed by atoms with E-state index in [0.717, 1.165) is 5.56 Å². The largest absolute Gasteiger partial charge is 0.447 e. The average Bonchev–Trinajstić information content (AvgIpc) is 3.36. The van der Waals surface area contributed by atoms with Crippen molar-refractivity contribution in [2.75, 3.05) is 19.7 Å². The van der Waals surface area contributed by atoms with Crippen LogP contribution in [0.15, 0.2) is 30.3 Å². The summed E-state index contributed by atoms with van der Waals surface area (Å²) < 4.78 is 41.1. The van der Waals surface area contributed by atoms with E-state index in [1.54, 1.807) is 4.90 Å². The fourth-order valence-corrected chi connectivity index (χ4v) is 5.21. The van der Waals surface area contributed by atoms with Crippen LogP contribution in [0.4, 0.5) is 9.59 Å². The highest BCUT2D eigenvalue weighted by Crippen LogP contribution is 2.44. The molecule has 5 rings (SSSR count). The van der Waals surface area contributed by atoms with Gasteiger partial charge in [0.2, 0.25) is 0 Å². The molecule has 4 heterocycles. The molecule has 11 nitrogen and oxygen atoms in total. The van der Waals surface area contributed by atoms with Gasteiger partial charge in [-0.15, -0.1) is 0 Å². The molecule has 0 unspecified atom stereocenters. The highest BCUT2D eigenvalue weighted by Gasteiger charge is 2.60. The zero-order valence-electron chi connectivity index (χ0n) is 21.7. The molecular formula is C26H36N2O9. The second-order valence-electron chi connectivity index (χ2n) is 10.8. The van der Waals surface area contributed by atoms with Gasteiger partial charge in [-0.25, -0.2) is 9.59 Å². The van der Waals surface area contributed by atoms with Crippen LogP contribution < -0.4 is 5.32 Å². The van der Waals surface area contributed by atoms with Crippen molar-refractivity contribution in [2.24, 2.45) is 0 Å². The van der Waals surface area contributed by atoms with E-state index in [1.807, 2.05) is 58.0 Å². The van der Waals surface area contributed by atoms with Crippen molar-refractivity contribution in [3.8, 4) is 0 Å². The molecule has 4 fully saturated rings. The summed E-state index contributed by atoms with van der Waals surface area (Å²) >= 11 is 0. The number of rotatable bonds is 5. The molecule has 4 saturated heterocycles. The SMILES string of the molecule is CC1(C)O[C@H]2[C@@H](O1)[C@@H](COC(=O)N1CCC(NC(=O)OCc3ccccc3)CC1)O[C@@H]1OC(C)(C)O[C@@H]12. The number of hydrogen-bond acceptors (Lipinski definition) is 9. The third kappa shape index (κ3) is 6.18. The molecule has 0 aliphatic carbocycles. The van der Waals surface area contributed by atoms with Gasteiger partial charge in [-0.2, -0.15) is 0 Å². The molecular weight excluding hydrogens is 484 g/mol. The summed E-state index contributed by atoms with van der Waals surface area (Å²) in [4.78, 5) is 26.6. The van der Waals surface area contributed by atoms with Crippen molar-refractivity contribution in [3.63, 3.8) is 0 Å². The van der Waals surface area contributed by atoms with E-state index >= 15 is 0 Å². The van der Waals surface area contributed by atoms with Gasteiger partial charge >= 0.3 is 12.2 Å². The number of alkyl carbamates (subject to hydrolysis) is 1. The first kappa shape index (κ1) is 26.2. The van der Waals surface area contributed by atoms with Crippen LogP contribution >= 0.6 is 0 Å². The molecule has 4 aliphatic rings. The second kappa shape index (κ2) is 10.4. The maximum Gasteiger partial charge on any atom is 0.409 e. The number of likely N-dealkylation sites (tertiary alicyclic amines) is 1. The Hall–Kier alpha value is -2.44. The van der Waals surface area contributed by atoms with E-state index in [2.05, 4.69) is 5.32 Å². The molecule has 204 valence electrons. The summed E-state index contributed by atoms with van der Waals surface area (Å²) in [6.45, 7) is 8.44. The summed E-state index contributed by atoms with van der Waals surface area (Å²) in [7, 11) is 0. The molecule has 1 aromatic carbocycles. The Bertz CT molecular complexity index is 964. The van der Waals surface area contributed by atoms with Gasteiger partial charge in [0, 0.05) is 19.1 Å². The smallest absolute Gasteiger partial charge is 0.409 e. The van der Waals surface area contributed by atoms with Crippen LogP contribution in [0, 0.1) is 0 Å². The topological polar surface area (TPSA) is 114 Å². The number of amides is 2. The maximum atomic E-state index is 12.8. The predicted molar refractivity (Wildman–Crippen MR) is 128 cm³/mol. The summed E-state index contributed by atoms with van der Waals surface area (Å²) in [5.74, 6) is -1.63. The lowest BCUT2D eigenvalue weighted by atomic mass is 9.99. The Balaban J connectivity index is 1.07. The van der Waals surface area contributed by atoms with Gasteiger partial charge in [0.25, 0.3) is 0 Å². The standard InChI is InChI=1S/C26H36N2O9/c1-25(2)34-19-18(33-22-21(20(19)35-25)36-26(3,4)37-22)15-32-24(30)28-12-10-17(11-13-28)27-23(29)31-14-16-8-6-5-7-9-16/h5-9,17-22H,10-15H2,1-4H3,(H,27,29)/t18-,19+,20+,21-,22-/m1/s1. The number of hydrogen-bond donors (Lipinski definition) is 1. The van der Waals surface area contributed by atoms with Crippen molar-refractivity contribution >= 4 is 12.2 Å². The van der Waals surface area contributed by atoms with E-state index in [4.69, 9.17) is 33.2 Å². The Labute approximate surface area is 216 Å². The van der Waals surface area contributed by atoms with Crippen molar-refractivity contribution < 1.29 is 42.7 Å². The first-order valence-electron chi connectivity index (χ1n) is 12.8. The van der Waals surface area contributed by atoms with Gasteiger partial charge in [-0.05, 0) is 46.1 Å². The van der Waals surface area contributed by atoms with E-state index < -0.39 is 54.5 Å². The number of nitrogens with one attached hydrogen (secondary N) is 1. The number of carbonyl (C=O) groups excluding carboxylic acids is 2. The summed E-state index contributed by atoms with van der Waals surface area (Å²) in [6.07, 6.45) is -2.18. The highest BCUT2D eigenvalue weighted by molar-refractivity contribution is 5.69. The van der Waals surface area contributed by atoms with Crippen LogP contribution in [-0.4, -0.2) is 85.1 Å². The Morgan fingerprint density at radius 1 is 0.919 bits per heavy atom. The Kier molecular flexibility index (Phi) is 7.34. The molecule has 0 saturated carbocycles. The molecule has 0 radical (unpaired) electrons. The van der Waals surface area contributed by atoms with Gasteiger partial charge in [-0.3, -0.25) is 0 Å². The minimum Gasteiger partial charge on any atom is -0.447 e.